The SMILES string of the molecule is COc1ccc2[nH]c(C)c(CCNC(=S)Nc3cccc(Br)c3)c2c1. The highest BCUT2D eigenvalue weighted by Gasteiger charge is 2.09. The normalized spacial score (nSPS) is 10.7. The summed E-state index contributed by atoms with van der Waals surface area (Å²) in [4.78, 5) is 3.43. The maximum atomic E-state index is 5.38. The number of thiocarbonyl (C=S) groups is 1. The van der Waals surface area contributed by atoms with Gasteiger partial charge in [0.25, 0.3) is 0 Å². The molecule has 0 amide bonds. The molecule has 0 spiro atoms. The summed E-state index contributed by atoms with van der Waals surface area (Å²) in [5, 5.41) is 8.28. The van der Waals surface area contributed by atoms with Crippen LogP contribution in [0.1, 0.15) is 11.3 Å². The van der Waals surface area contributed by atoms with Crippen LogP contribution in [0.15, 0.2) is 46.9 Å². The molecule has 0 bridgehead atoms. The molecule has 0 aliphatic heterocycles. The van der Waals surface area contributed by atoms with Gasteiger partial charge in [0.05, 0.1) is 7.11 Å². The molecule has 1 aromatic heterocycles. The number of hydrogen-bond acceptors (Lipinski definition) is 2. The van der Waals surface area contributed by atoms with Crippen molar-refractivity contribution in [3.8, 4) is 5.75 Å². The number of aryl methyl sites for hydroxylation is 1. The Morgan fingerprint density at radius 2 is 2.08 bits per heavy atom. The number of benzene rings is 2. The van der Waals surface area contributed by atoms with E-state index in [4.69, 9.17) is 17.0 Å². The maximum Gasteiger partial charge on any atom is 0.170 e. The predicted molar refractivity (Wildman–Crippen MR) is 112 cm³/mol. The Morgan fingerprint density at radius 1 is 1.24 bits per heavy atom. The zero-order valence-corrected chi connectivity index (χ0v) is 16.6. The molecule has 6 heteroatoms. The third kappa shape index (κ3) is 4.32. The van der Waals surface area contributed by atoms with Crippen LogP contribution < -0.4 is 15.4 Å². The van der Waals surface area contributed by atoms with Gasteiger partial charge in [-0.05, 0) is 67.5 Å². The van der Waals surface area contributed by atoms with Gasteiger partial charge in [-0.15, -0.1) is 0 Å². The lowest BCUT2D eigenvalue weighted by atomic mass is 10.1. The first-order valence-electron chi connectivity index (χ1n) is 8.02. The minimum absolute atomic E-state index is 0.619. The Bertz CT molecular complexity index is 907. The standard InChI is InChI=1S/C19H20BrN3OS/c1-12-16(17-11-15(24-2)6-7-18(17)22-12)8-9-21-19(25)23-14-5-3-4-13(20)10-14/h3-7,10-11,22H,8-9H2,1-2H3,(H2,21,23,25). The van der Waals surface area contributed by atoms with E-state index in [1.54, 1.807) is 7.11 Å². The quantitative estimate of drug-likeness (QED) is 0.522. The summed E-state index contributed by atoms with van der Waals surface area (Å²) in [6.45, 7) is 2.85. The molecule has 130 valence electrons. The Balaban J connectivity index is 1.62. The molecule has 4 nitrogen and oxygen atoms in total. The van der Waals surface area contributed by atoms with Crippen molar-refractivity contribution in [2.75, 3.05) is 19.0 Å². The molecule has 0 aliphatic carbocycles. The Kier molecular flexibility index (Phi) is 5.60. The van der Waals surface area contributed by atoms with E-state index < -0.39 is 0 Å². The van der Waals surface area contributed by atoms with E-state index in [2.05, 4.69) is 50.6 Å². The molecule has 3 N–H and O–H groups in total. The van der Waals surface area contributed by atoms with E-state index >= 15 is 0 Å². The smallest absolute Gasteiger partial charge is 0.170 e. The molecule has 0 saturated carbocycles. The summed E-state index contributed by atoms with van der Waals surface area (Å²) < 4.78 is 6.36. The minimum Gasteiger partial charge on any atom is -0.497 e. The van der Waals surface area contributed by atoms with E-state index in [0.717, 1.165) is 34.4 Å². The zero-order chi connectivity index (χ0) is 17.8. The van der Waals surface area contributed by atoms with Crippen LogP contribution in [0.4, 0.5) is 5.69 Å². The van der Waals surface area contributed by atoms with Crippen LogP contribution in [0.25, 0.3) is 10.9 Å². The Hall–Kier alpha value is -2.05. The molecule has 25 heavy (non-hydrogen) atoms. The van der Waals surface area contributed by atoms with Crippen molar-refractivity contribution >= 4 is 49.9 Å². The van der Waals surface area contributed by atoms with Crippen molar-refractivity contribution in [3.63, 3.8) is 0 Å². The fourth-order valence-corrected chi connectivity index (χ4v) is 3.47. The van der Waals surface area contributed by atoms with Crippen LogP contribution in [0.5, 0.6) is 5.75 Å². The van der Waals surface area contributed by atoms with Crippen molar-refractivity contribution in [2.24, 2.45) is 0 Å². The Labute approximate surface area is 161 Å². The number of rotatable bonds is 5. The number of aromatic amines is 1. The highest BCUT2D eigenvalue weighted by atomic mass is 79.9. The first kappa shape index (κ1) is 17.8. The maximum absolute atomic E-state index is 5.38. The zero-order valence-electron chi connectivity index (χ0n) is 14.2. The number of anilines is 1. The average molecular weight is 418 g/mol. The molecule has 2 aromatic carbocycles. The number of aromatic nitrogens is 1. The van der Waals surface area contributed by atoms with Crippen LogP contribution in [-0.2, 0) is 6.42 Å². The van der Waals surface area contributed by atoms with Crippen LogP contribution >= 0.6 is 28.1 Å². The number of hydrogen-bond donors (Lipinski definition) is 3. The second-order valence-electron chi connectivity index (χ2n) is 5.78. The molecule has 0 aliphatic rings. The molecular weight excluding hydrogens is 398 g/mol. The highest BCUT2D eigenvalue weighted by Crippen LogP contribution is 2.26. The number of halogens is 1. The van der Waals surface area contributed by atoms with E-state index in [-0.39, 0.29) is 0 Å². The molecule has 1 heterocycles. The summed E-state index contributed by atoms with van der Waals surface area (Å²) >= 11 is 8.83. The molecule has 0 atom stereocenters. The minimum atomic E-state index is 0.619. The summed E-state index contributed by atoms with van der Waals surface area (Å²) in [5.74, 6) is 0.868. The molecule has 0 fully saturated rings. The van der Waals surface area contributed by atoms with Crippen molar-refractivity contribution in [1.82, 2.24) is 10.3 Å². The lowest BCUT2D eigenvalue weighted by molar-refractivity contribution is 0.415. The van der Waals surface area contributed by atoms with E-state index in [0.29, 0.717) is 5.11 Å². The number of methoxy groups -OCH3 is 1. The van der Waals surface area contributed by atoms with Crippen molar-refractivity contribution in [1.29, 1.82) is 0 Å². The summed E-state index contributed by atoms with van der Waals surface area (Å²) in [7, 11) is 1.69. The van der Waals surface area contributed by atoms with Crippen LogP contribution in [0.2, 0.25) is 0 Å². The topological polar surface area (TPSA) is 49.1 Å². The third-order valence-electron chi connectivity index (χ3n) is 4.07. The van der Waals surface area contributed by atoms with E-state index in [1.165, 1.54) is 16.6 Å². The molecule has 3 aromatic rings. The fraction of sp³-hybridized carbons (Fsp3) is 0.211. The largest absolute Gasteiger partial charge is 0.497 e. The van der Waals surface area contributed by atoms with Crippen LogP contribution in [0.3, 0.4) is 0 Å². The third-order valence-corrected chi connectivity index (χ3v) is 4.81. The van der Waals surface area contributed by atoms with Gasteiger partial charge in [0, 0.05) is 33.3 Å². The lowest BCUT2D eigenvalue weighted by Crippen LogP contribution is -2.30. The molecule has 3 rings (SSSR count). The van der Waals surface area contributed by atoms with Gasteiger partial charge in [-0.2, -0.15) is 0 Å². The lowest BCUT2D eigenvalue weighted by Gasteiger charge is -2.11. The van der Waals surface area contributed by atoms with E-state index in [9.17, 15) is 0 Å². The Morgan fingerprint density at radius 3 is 2.84 bits per heavy atom. The number of H-pyrrole nitrogens is 1. The van der Waals surface area contributed by atoms with Gasteiger partial charge in [0.15, 0.2) is 5.11 Å². The van der Waals surface area contributed by atoms with Gasteiger partial charge in [-0.3, -0.25) is 0 Å². The summed E-state index contributed by atoms with van der Waals surface area (Å²) in [6.07, 6.45) is 0.874. The first-order chi connectivity index (χ1) is 12.1. The molecular formula is C19H20BrN3OS. The van der Waals surface area contributed by atoms with Gasteiger partial charge in [0.1, 0.15) is 5.75 Å². The van der Waals surface area contributed by atoms with Gasteiger partial charge in [-0.25, -0.2) is 0 Å². The fourth-order valence-electron chi connectivity index (χ4n) is 2.85. The summed E-state index contributed by atoms with van der Waals surface area (Å²) in [6, 6.07) is 14.0. The van der Waals surface area contributed by atoms with Crippen LogP contribution in [0, 0.1) is 6.92 Å². The van der Waals surface area contributed by atoms with E-state index in [1.807, 2.05) is 30.3 Å². The number of fused-ring (bicyclic) bond motifs is 1. The van der Waals surface area contributed by atoms with Crippen molar-refractivity contribution < 1.29 is 4.74 Å². The molecule has 0 saturated heterocycles. The number of ether oxygens (including phenoxy) is 1. The predicted octanol–water partition coefficient (Wildman–Crippen LogP) is 4.78. The first-order valence-corrected chi connectivity index (χ1v) is 9.22. The van der Waals surface area contributed by atoms with Gasteiger partial charge in [0.2, 0.25) is 0 Å². The molecule has 0 radical (unpaired) electrons. The van der Waals surface area contributed by atoms with Crippen molar-refractivity contribution in [3.05, 3.63) is 58.2 Å². The van der Waals surface area contributed by atoms with Gasteiger partial charge < -0.3 is 20.4 Å². The van der Waals surface area contributed by atoms with Crippen molar-refractivity contribution in [2.45, 2.75) is 13.3 Å². The highest BCUT2D eigenvalue weighted by molar-refractivity contribution is 9.10. The summed E-state index contributed by atoms with van der Waals surface area (Å²) in [5.41, 5.74) is 4.55. The second-order valence-corrected chi connectivity index (χ2v) is 7.11. The average Bonchev–Trinajstić information content (AvgIpc) is 2.89. The van der Waals surface area contributed by atoms with Crippen LogP contribution in [-0.4, -0.2) is 23.8 Å². The monoisotopic (exact) mass is 417 g/mol. The van der Waals surface area contributed by atoms with Gasteiger partial charge >= 0.3 is 0 Å². The molecule has 0 unspecified atom stereocenters. The number of nitrogens with one attached hydrogen (secondary N) is 3. The second kappa shape index (κ2) is 7.89. The van der Waals surface area contributed by atoms with Gasteiger partial charge in [-0.1, -0.05) is 22.0 Å².